The van der Waals surface area contributed by atoms with Crippen molar-refractivity contribution in [2.75, 3.05) is 18.4 Å². The van der Waals surface area contributed by atoms with E-state index in [9.17, 15) is 9.59 Å². The van der Waals surface area contributed by atoms with Gasteiger partial charge in [0.15, 0.2) is 0 Å². The second kappa shape index (κ2) is 5.37. The van der Waals surface area contributed by atoms with Gasteiger partial charge < -0.3 is 15.7 Å². The molecule has 0 aromatic heterocycles. The zero-order valence-electron chi connectivity index (χ0n) is 9.57. The molecule has 18 heavy (non-hydrogen) atoms. The van der Waals surface area contributed by atoms with E-state index in [4.69, 9.17) is 16.7 Å². The maximum Gasteiger partial charge on any atom is 0.337 e. The molecule has 3 N–H and O–H groups in total. The average molecular weight is 269 g/mol. The van der Waals surface area contributed by atoms with Crippen molar-refractivity contribution in [3.05, 3.63) is 28.8 Å². The fourth-order valence-corrected chi connectivity index (χ4v) is 1.93. The van der Waals surface area contributed by atoms with Crippen LogP contribution in [0.5, 0.6) is 0 Å². The van der Waals surface area contributed by atoms with Crippen LogP contribution in [0, 0.1) is 5.92 Å². The Bertz CT molecular complexity index is 486. The number of nitrogens with one attached hydrogen (secondary N) is 2. The number of hydrogen-bond acceptors (Lipinski definition) is 3. The van der Waals surface area contributed by atoms with Crippen LogP contribution in [0.4, 0.5) is 5.69 Å². The molecule has 0 spiro atoms. The second-order valence-electron chi connectivity index (χ2n) is 4.27. The number of rotatable bonds is 4. The van der Waals surface area contributed by atoms with Crippen LogP contribution in [-0.2, 0) is 4.79 Å². The van der Waals surface area contributed by atoms with Gasteiger partial charge in [0.05, 0.1) is 11.3 Å². The number of hydrogen-bond donors (Lipinski definition) is 3. The Hall–Kier alpha value is -1.59. The maximum atomic E-state index is 11.7. The monoisotopic (exact) mass is 268 g/mol. The lowest BCUT2D eigenvalue weighted by Gasteiger charge is -2.26. The van der Waals surface area contributed by atoms with Crippen LogP contribution in [0.25, 0.3) is 0 Å². The summed E-state index contributed by atoms with van der Waals surface area (Å²) in [6, 6.07) is 4.31. The molecule has 6 heteroatoms. The van der Waals surface area contributed by atoms with Gasteiger partial charge in [0.25, 0.3) is 0 Å². The van der Waals surface area contributed by atoms with E-state index < -0.39 is 5.97 Å². The molecule has 1 fully saturated rings. The van der Waals surface area contributed by atoms with Gasteiger partial charge in [-0.2, -0.15) is 0 Å². The van der Waals surface area contributed by atoms with Crippen LogP contribution in [0.3, 0.4) is 0 Å². The number of benzene rings is 1. The fraction of sp³-hybridized carbons (Fsp3) is 0.333. The Labute approximate surface area is 109 Å². The smallest absolute Gasteiger partial charge is 0.337 e. The second-order valence-corrected chi connectivity index (χ2v) is 4.71. The van der Waals surface area contributed by atoms with Crippen molar-refractivity contribution in [1.82, 2.24) is 5.32 Å². The minimum atomic E-state index is -1.09. The van der Waals surface area contributed by atoms with E-state index in [0.717, 1.165) is 13.1 Å². The lowest BCUT2D eigenvalue weighted by atomic mass is 9.99. The molecule has 1 aliphatic heterocycles. The lowest BCUT2D eigenvalue weighted by Crippen LogP contribution is -2.43. The van der Waals surface area contributed by atoms with Crippen LogP contribution in [-0.4, -0.2) is 30.1 Å². The summed E-state index contributed by atoms with van der Waals surface area (Å²) in [4.78, 5) is 22.7. The molecule has 1 saturated heterocycles. The number of aromatic carboxylic acids is 1. The number of amides is 1. The molecule has 0 radical (unpaired) electrons. The summed E-state index contributed by atoms with van der Waals surface area (Å²) in [5.74, 6) is -0.948. The molecule has 1 aliphatic rings. The molecule has 5 nitrogen and oxygen atoms in total. The molecule has 96 valence electrons. The third kappa shape index (κ3) is 3.00. The minimum absolute atomic E-state index is 0.0412. The van der Waals surface area contributed by atoms with Crippen molar-refractivity contribution in [2.45, 2.75) is 6.42 Å². The van der Waals surface area contributed by atoms with E-state index in [-0.39, 0.29) is 17.2 Å². The molecular formula is C12H13ClN2O3. The van der Waals surface area contributed by atoms with E-state index >= 15 is 0 Å². The number of carboxylic acids is 1. The van der Waals surface area contributed by atoms with Crippen LogP contribution in [0.15, 0.2) is 18.2 Å². The van der Waals surface area contributed by atoms with Crippen LogP contribution in [0.2, 0.25) is 5.02 Å². The minimum Gasteiger partial charge on any atom is -0.478 e. The highest BCUT2D eigenvalue weighted by Gasteiger charge is 2.21. The van der Waals surface area contributed by atoms with Crippen molar-refractivity contribution in [3.63, 3.8) is 0 Å². The third-order valence-corrected chi connectivity index (χ3v) is 3.06. The third-order valence-electron chi connectivity index (χ3n) is 2.83. The summed E-state index contributed by atoms with van der Waals surface area (Å²) in [7, 11) is 0. The van der Waals surface area contributed by atoms with E-state index in [1.165, 1.54) is 18.2 Å². The molecule has 1 aromatic carbocycles. The van der Waals surface area contributed by atoms with E-state index in [0.29, 0.717) is 17.4 Å². The Morgan fingerprint density at radius 1 is 1.44 bits per heavy atom. The Balaban J connectivity index is 2.08. The van der Waals surface area contributed by atoms with Crippen LogP contribution < -0.4 is 10.6 Å². The van der Waals surface area contributed by atoms with Gasteiger partial charge in [-0.05, 0) is 37.2 Å². The van der Waals surface area contributed by atoms with Gasteiger partial charge in [0.2, 0.25) is 5.91 Å². The van der Waals surface area contributed by atoms with Gasteiger partial charge in [0.1, 0.15) is 0 Å². The topological polar surface area (TPSA) is 78.4 Å². The predicted molar refractivity (Wildman–Crippen MR) is 68.0 cm³/mol. The summed E-state index contributed by atoms with van der Waals surface area (Å²) in [5.41, 5.74) is 0.284. The zero-order chi connectivity index (χ0) is 13.1. The van der Waals surface area contributed by atoms with E-state index in [2.05, 4.69) is 10.6 Å². The van der Waals surface area contributed by atoms with Crippen molar-refractivity contribution in [1.29, 1.82) is 0 Å². The van der Waals surface area contributed by atoms with Gasteiger partial charge in [-0.3, -0.25) is 4.79 Å². The zero-order valence-corrected chi connectivity index (χ0v) is 10.3. The van der Waals surface area contributed by atoms with Crippen molar-refractivity contribution < 1.29 is 14.7 Å². The predicted octanol–water partition coefficient (Wildman–Crippen LogP) is 1.59. The first-order chi connectivity index (χ1) is 8.56. The SMILES string of the molecule is O=C(CC1CNC1)Nc1cc(Cl)ccc1C(=O)O. The number of carbonyl (C=O) groups excluding carboxylic acids is 1. The van der Waals surface area contributed by atoms with Gasteiger partial charge in [-0.25, -0.2) is 4.79 Å². The number of anilines is 1. The number of carbonyl (C=O) groups is 2. The molecule has 0 aliphatic carbocycles. The molecule has 1 amide bonds. The summed E-state index contributed by atoms with van der Waals surface area (Å²) in [6.45, 7) is 1.66. The first-order valence-corrected chi connectivity index (χ1v) is 5.97. The molecule has 2 rings (SSSR count). The van der Waals surface area contributed by atoms with E-state index in [1.54, 1.807) is 0 Å². The molecule has 0 saturated carbocycles. The standard InChI is InChI=1S/C12H13ClN2O3/c13-8-1-2-9(12(17)18)10(4-8)15-11(16)3-7-5-14-6-7/h1-2,4,7,14H,3,5-6H2,(H,15,16)(H,17,18). The summed E-state index contributed by atoms with van der Waals surface area (Å²) in [5, 5.41) is 15.1. The molecule has 0 bridgehead atoms. The summed E-state index contributed by atoms with van der Waals surface area (Å²) >= 11 is 5.79. The number of carboxylic acid groups (broad SMARTS) is 1. The van der Waals surface area contributed by atoms with Crippen LogP contribution in [0.1, 0.15) is 16.8 Å². The van der Waals surface area contributed by atoms with Gasteiger partial charge >= 0.3 is 5.97 Å². The van der Waals surface area contributed by atoms with Gasteiger partial charge in [-0.1, -0.05) is 11.6 Å². The fourth-order valence-electron chi connectivity index (χ4n) is 1.76. The van der Waals surface area contributed by atoms with Gasteiger partial charge in [0, 0.05) is 11.4 Å². The molecule has 0 unspecified atom stereocenters. The lowest BCUT2D eigenvalue weighted by molar-refractivity contribution is -0.117. The Morgan fingerprint density at radius 2 is 2.17 bits per heavy atom. The highest BCUT2D eigenvalue weighted by atomic mass is 35.5. The molecular weight excluding hydrogens is 256 g/mol. The molecule has 1 heterocycles. The summed E-state index contributed by atoms with van der Waals surface area (Å²) in [6.07, 6.45) is 0.387. The van der Waals surface area contributed by atoms with Crippen molar-refractivity contribution in [3.8, 4) is 0 Å². The van der Waals surface area contributed by atoms with Gasteiger partial charge in [-0.15, -0.1) is 0 Å². The maximum absolute atomic E-state index is 11.7. The highest BCUT2D eigenvalue weighted by Crippen LogP contribution is 2.22. The molecule has 1 aromatic rings. The summed E-state index contributed by atoms with van der Waals surface area (Å²) < 4.78 is 0. The number of halogens is 1. The molecule has 0 atom stereocenters. The Kier molecular flexibility index (Phi) is 3.84. The average Bonchev–Trinajstić information content (AvgIpc) is 2.23. The van der Waals surface area contributed by atoms with E-state index in [1.807, 2.05) is 0 Å². The quantitative estimate of drug-likeness (QED) is 0.775. The Morgan fingerprint density at radius 3 is 2.72 bits per heavy atom. The van der Waals surface area contributed by atoms with Crippen molar-refractivity contribution >= 4 is 29.2 Å². The largest absolute Gasteiger partial charge is 0.478 e. The first-order valence-electron chi connectivity index (χ1n) is 5.59. The highest BCUT2D eigenvalue weighted by molar-refractivity contribution is 6.31. The first kappa shape index (κ1) is 12.9. The normalized spacial score (nSPS) is 14.9. The van der Waals surface area contributed by atoms with Crippen LogP contribution >= 0.6 is 11.6 Å². The van der Waals surface area contributed by atoms with Crippen molar-refractivity contribution in [2.24, 2.45) is 5.92 Å².